The van der Waals surface area contributed by atoms with E-state index in [0.29, 0.717) is 13.1 Å². The standard InChI is InChI=1S/C20H19N3O2S/c24-20(8-7-19-22-17-5-1-2-6-18(17)26-19)23-12-9-15(10-13-23)25-16-4-3-11-21-14-16/h1-8,11,14-15H,9-10,12-13H2. The Morgan fingerprint density at radius 1 is 1.19 bits per heavy atom. The molecule has 0 saturated carbocycles. The van der Waals surface area contributed by atoms with Gasteiger partial charge in [-0.25, -0.2) is 4.98 Å². The largest absolute Gasteiger partial charge is 0.489 e. The summed E-state index contributed by atoms with van der Waals surface area (Å²) < 4.78 is 7.05. The first-order valence-electron chi connectivity index (χ1n) is 8.67. The highest BCUT2D eigenvalue weighted by Crippen LogP contribution is 2.23. The lowest BCUT2D eigenvalue weighted by Gasteiger charge is -2.31. The smallest absolute Gasteiger partial charge is 0.246 e. The number of piperidine rings is 1. The van der Waals surface area contributed by atoms with Gasteiger partial charge in [0, 0.05) is 38.2 Å². The lowest BCUT2D eigenvalue weighted by molar-refractivity contribution is -0.127. The number of nitrogens with zero attached hydrogens (tertiary/aromatic N) is 3. The molecule has 1 fully saturated rings. The van der Waals surface area contributed by atoms with Gasteiger partial charge in [-0.3, -0.25) is 9.78 Å². The van der Waals surface area contributed by atoms with E-state index in [-0.39, 0.29) is 12.0 Å². The van der Waals surface area contributed by atoms with Gasteiger partial charge in [-0.2, -0.15) is 0 Å². The highest BCUT2D eigenvalue weighted by atomic mass is 32.1. The topological polar surface area (TPSA) is 55.3 Å². The van der Waals surface area contributed by atoms with E-state index in [9.17, 15) is 4.79 Å². The van der Waals surface area contributed by atoms with Gasteiger partial charge in [0.1, 0.15) is 16.9 Å². The molecule has 0 aliphatic carbocycles. The van der Waals surface area contributed by atoms with Crippen molar-refractivity contribution in [1.82, 2.24) is 14.9 Å². The molecule has 3 heterocycles. The second-order valence-electron chi connectivity index (χ2n) is 6.18. The van der Waals surface area contributed by atoms with Gasteiger partial charge in [-0.15, -0.1) is 11.3 Å². The van der Waals surface area contributed by atoms with Crippen LogP contribution in [0.2, 0.25) is 0 Å². The number of pyridine rings is 1. The van der Waals surface area contributed by atoms with Crippen LogP contribution in [0.3, 0.4) is 0 Å². The molecule has 0 N–H and O–H groups in total. The van der Waals surface area contributed by atoms with Crippen LogP contribution in [0.15, 0.2) is 54.9 Å². The molecule has 1 amide bonds. The Kier molecular flexibility index (Phi) is 4.93. The molecule has 0 atom stereocenters. The van der Waals surface area contributed by atoms with Crippen molar-refractivity contribution in [1.29, 1.82) is 0 Å². The van der Waals surface area contributed by atoms with Gasteiger partial charge in [0.15, 0.2) is 0 Å². The Labute approximate surface area is 156 Å². The minimum absolute atomic E-state index is 0.0316. The first kappa shape index (κ1) is 16.7. The van der Waals surface area contributed by atoms with Crippen LogP contribution in [-0.4, -0.2) is 40.0 Å². The molecule has 2 aromatic heterocycles. The summed E-state index contributed by atoms with van der Waals surface area (Å²) in [5.41, 5.74) is 0.970. The third-order valence-electron chi connectivity index (χ3n) is 4.37. The first-order chi connectivity index (χ1) is 12.8. The summed E-state index contributed by atoms with van der Waals surface area (Å²) in [6, 6.07) is 11.8. The third-order valence-corrected chi connectivity index (χ3v) is 5.37. The summed E-state index contributed by atoms with van der Waals surface area (Å²) in [7, 11) is 0. The van der Waals surface area contributed by atoms with Crippen molar-refractivity contribution < 1.29 is 9.53 Å². The van der Waals surface area contributed by atoms with Crippen LogP contribution in [0.25, 0.3) is 16.3 Å². The highest BCUT2D eigenvalue weighted by Gasteiger charge is 2.22. The number of benzene rings is 1. The predicted molar refractivity (Wildman–Crippen MR) is 103 cm³/mol. The number of para-hydroxylation sites is 1. The van der Waals surface area contributed by atoms with Crippen molar-refractivity contribution in [3.8, 4) is 5.75 Å². The van der Waals surface area contributed by atoms with Crippen LogP contribution >= 0.6 is 11.3 Å². The predicted octanol–water partition coefficient (Wildman–Crippen LogP) is 3.77. The molecule has 1 aromatic carbocycles. The minimum atomic E-state index is 0.0316. The van der Waals surface area contributed by atoms with Gasteiger partial charge in [0.05, 0.1) is 16.4 Å². The fraction of sp³-hybridized carbons (Fsp3) is 0.250. The van der Waals surface area contributed by atoms with Gasteiger partial charge < -0.3 is 9.64 Å². The Hall–Kier alpha value is -2.73. The van der Waals surface area contributed by atoms with Crippen LogP contribution < -0.4 is 4.74 Å². The lowest BCUT2D eigenvalue weighted by atomic mass is 10.1. The Morgan fingerprint density at radius 3 is 2.81 bits per heavy atom. The van der Waals surface area contributed by atoms with Crippen molar-refractivity contribution >= 4 is 33.5 Å². The van der Waals surface area contributed by atoms with Crippen LogP contribution in [0.5, 0.6) is 5.75 Å². The SMILES string of the molecule is O=C(C=Cc1nc2ccccc2s1)N1CCC(Oc2cccnc2)CC1. The number of thiazole rings is 1. The number of ether oxygens (including phenoxy) is 1. The van der Waals surface area contributed by atoms with Crippen molar-refractivity contribution in [3.05, 3.63) is 59.9 Å². The monoisotopic (exact) mass is 365 g/mol. The molecule has 0 bridgehead atoms. The van der Waals surface area contributed by atoms with E-state index in [1.54, 1.807) is 29.8 Å². The molecule has 26 heavy (non-hydrogen) atoms. The number of carbonyl (C=O) groups excluding carboxylic acids is 1. The van der Waals surface area contributed by atoms with E-state index in [2.05, 4.69) is 9.97 Å². The zero-order valence-corrected chi connectivity index (χ0v) is 15.1. The first-order valence-corrected chi connectivity index (χ1v) is 9.49. The Balaban J connectivity index is 1.32. The summed E-state index contributed by atoms with van der Waals surface area (Å²) in [6.45, 7) is 1.40. The van der Waals surface area contributed by atoms with Crippen LogP contribution in [0.1, 0.15) is 17.8 Å². The summed E-state index contributed by atoms with van der Waals surface area (Å²) in [4.78, 5) is 22.9. The highest BCUT2D eigenvalue weighted by molar-refractivity contribution is 7.19. The van der Waals surface area contributed by atoms with E-state index in [1.807, 2.05) is 47.4 Å². The molecule has 0 radical (unpaired) electrons. The van der Waals surface area contributed by atoms with Gasteiger partial charge in [-0.1, -0.05) is 12.1 Å². The number of hydrogen-bond acceptors (Lipinski definition) is 5. The second kappa shape index (κ2) is 7.66. The number of aromatic nitrogens is 2. The second-order valence-corrected chi connectivity index (χ2v) is 7.25. The maximum absolute atomic E-state index is 12.4. The van der Waals surface area contributed by atoms with Crippen LogP contribution in [0.4, 0.5) is 0 Å². The Morgan fingerprint density at radius 2 is 2.04 bits per heavy atom. The van der Waals surface area contributed by atoms with E-state index in [0.717, 1.165) is 33.8 Å². The van der Waals surface area contributed by atoms with Crippen molar-refractivity contribution in [2.75, 3.05) is 13.1 Å². The number of hydrogen-bond donors (Lipinski definition) is 0. The third kappa shape index (κ3) is 3.91. The number of fused-ring (bicyclic) bond motifs is 1. The molecule has 1 aliphatic rings. The molecule has 3 aromatic rings. The van der Waals surface area contributed by atoms with E-state index in [1.165, 1.54) is 0 Å². The van der Waals surface area contributed by atoms with E-state index < -0.39 is 0 Å². The van der Waals surface area contributed by atoms with Crippen LogP contribution in [-0.2, 0) is 4.79 Å². The number of amides is 1. The Bertz CT molecular complexity index is 882. The summed E-state index contributed by atoms with van der Waals surface area (Å²) in [5.74, 6) is 0.817. The van der Waals surface area contributed by atoms with Gasteiger partial charge in [0.25, 0.3) is 0 Å². The minimum Gasteiger partial charge on any atom is -0.489 e. The molecular formula is C20H19N3O2S. The molecule has 0 spiro atoms. The molecule has 132 valence electrons. The quantitative estimate of drug-likeness (QED) is 0.661. The molecule has 5 nitrogen and oxygen atoms in total. The summed E-state index contributed by atoms with van der Waals surface area (Å²) in [6.07, 6.45) is 8.68. The van der Waals surface area contributed by atoms with Crippen LogP contribution in [0, 0.1) is 0 Å². The van der Waals surface area contributed by atoms with E-state index >= 15 is 0 Å². The molecular weight excluding hydrogens is 346 g/mol. The molecule has 4 rings (SSSR count). The van der Waals surface area contributed by atoms with Gasteiger partial charge in [-0.05, 0) is 30.3 Å². The zero-order valence-electron chi connectivity index (χ0n) is 14.2. The molecule has 6 heteroatoms. The van der Waals surface area contributed by atoms with Gasteiger partial charge in [0.2, 0.25) is 5.91 Å². The number of carbonyl (C=O) groups is 1. The maximum atomic E-state index is 12.4. The summed E-state index contributed by atoms with van der Waals surface area (Å²) >= 11 is 1.59. The number of likely N-dealkylation sites (tertiary alicyclic amines) is 1. The van der Waals surface area contributed by atoms with Crippen molar-refractivity contribution in [3.63, 3.8) is 0 Å². The molecule has 1 aliphatic heterocycles. The zero-order chi connectivity index (χ0) is 17.8. The van der Waals surface area contributed by atoms with E-state index in [4.69, 9.17) is 4.74 Å². The molecule has 0 unspecified atom stereocenters. The van der Waals surface area contributed by atoms with Crippen molar-refractivity contribution in [2.45, 2.75) is 18.9 Å². The fourth-order valence-electron chi connectivity index (χ4n) is 3.01. The molecule has 1 saturated heterocycles. The normalized spacial score (nSPS) is 15.6. The average molecular weight is 365 g/mol. The average Bonchev–Trinajstić information content (AvgIpc) is 3.10. The fourth-order valence-corrected chi connectivity index (χ4v) is 3.88. The maximum Gasteiger partial charge on any atom is 0.246 e. The van der Waals surface area contributed by atoms with Crippen molar-refractivity contribution in [2.24, 2.45) is 0 Å². The lowest BCUT2D eigenvalue weighted by Crippen LogP contribution is -2.41. The summed E-state index contributed by atoms with van der Waals surface area (Å²) in [5, 5.41) is 0.856. The number of rotatable bonds is 4. The van der Waals surface area contributed by atoms with Gasteiger partial charge >= 0.3 is 0 Å².